The summed E-state index contributed by atoms with van der Waals surface area (Å²) in [5.74, 6) is -0.551. The first-order valence-electron chi connectivity index (χ1n) is 9.11. The van der Waals surface area contributed by atoms with Crippen LogP contribution in [0.25, 0.3) is 0 Å². The third-order valence-corrected chi connectivity index (χ3v) is 4.64. The Kier molecular flexibility index (Phi) is 7.16. The lowest BCUT2D eigenvalue weighted by Gasteiger charge is -2.31. The van der Waals surface area contributed by atoms with Crippen LogP contribution in [0.1, 0.15) is 55.5 Å². The summed E-state index contributed by atoms with van der Waals surface area (Å²) in [6.07, 6.45) is 2.87. The first-order valence-corrected chi connectivity index (χ1v) is 9.11. The molecule has 1 atom stereocenters. The van der Waals surface area contributed by atoms with Gasteiger partial charge in [-0.3, -0.25) is 14.4 Å². The van der Waals surface area contributed by atoms with E-state index in [9.17, 15) is 14.4 Å². The fraction of sp³-hybridized carbons (Fsp3) is 0.550. The summed E-state index contributed by atoms with van der Waals surface area (Å²) >= 11 is 0. The summed E-state index contributed by atoms with van der Waals surface area (Å²) < 4.78 is 5.05. The summed E-state index contributed by atoms with van der Waals surface area (Å²) in [5.41, 5.74) is 1.83. The van der Waals surface area contributed by atoms with Crippen LogP contribution in [0.4, 0.5) is 0 Å². The van der Waals surface area contributed by atoms with E-state index in [0.717, 1.165) is 19.3 Å². The van der Waals surface area contributed by atoms with Crippen molar-refractivity contribution in [3.8, 4) is 0 Å². The Labute approximate surface area is 149 Å². The van der Waals surface area contributed by atoms with E-state index >= 15 is 0 Å². The summed E-state index contributed by atoms with van der Waals surface area (Å²) in [6, 6.07) is 7.54. The highest BCUT2D eigenvalue weighted by molar-refractivity contribution is 5.98. The van der Waals surface area contributed by atoms with Crippen molar-refractivity contribution in [2.75, 3.05) is 19.7 Å². The highest BCUT2D eigenvalue weighted by Gasteiger charge is 2.29. The van der Waals surface area contributed by atoms with Gasteiger partial charge in [-0.2, -0.15) is 0 Å². The molecule has 1 aromatic rings. The molecule has 1 aromatic carbocycles. The lowest BCUT2D eigenvalue weighted by molar-refractivity contribution is -0.151. The van der Waals surface area contributed by atoms with Crippen molar-refractivity contribution in [3.63, 3.8) is 0 Å². The standard InChI is InChI=1S/C20H27NO4/c1-3-15-7-9-16(10-8-15)18(22)11-12-19(23)21-13-5-6-17(14-21)20(24)25-4-2/h7-10,17H,3-6,11-14H2,1-2H3. The van der Waals surface area contributed by atoms with E-state index in [-0.39, 0.29) is 36.4 Å². The van der Waals surface area contributed by atoms with Gasteiger partial charge in [0.2, 0.25) is 5.91 Å². The molecule has 0 aliphatic carbocycles. The minimum absolute atomic E-state index is 0.0186. The van der Waals surface area contributed by atoms with Crippen LogP contribution >= 0.6 is 0 Å². The number of amides is 1. The molecule has 1 saturated heterocycles. The molecule has 0 saturated carbocycles. The van der Waals surface area contributed by atoms with Crippen molar-refractivity contribution in [2.45, 2.75) is 46.0 Å². The summed E-state index contributed by atoms with van der Waals surface area (Å²) in [7, 11) is 0. The molecule has 2 rings (SSSR count). The van der Waals surface area contributed by atoms with Crippen LogP contribution in [-0.4, -0.2) is 42.3 Å². The second-order valence-electron chi connectivity index (χ2n) is 6.40. The van der Waals surface area contributed by atoms with Gasteiger partial charge in [-0.05, 0) is 31.7 Å². The number of aryl methyl sites for hydroxylation is 1. The predicted octanol–water partition coefficient (Wildman–Crippen LogP) is 3.01. The molecule has 5 heteroatoms. The number of hydrogen-bond acceptors (Lipinski definition) is 4. The maximum atomic E-state index is 12.4. The van der Waals surface area contributed by atoms with E-state index in [0.29, 0.717) is 25.3 Å². The number of rotatable bonds is 7. The van der Waals surface area contributed by atoms with Crippen LogP contribution in [0.15, 0.2) is 24.3 Å². The quantitative estimate of drug-likeness (QED) is 0.563. The topological polar surface area (TPSA) is 63.7 Å². The van der Waals surface area contributed by atoms with Crippen LogP contribution in [0.3, 0.4) is 0 Å². The summed E-state index contributed by atoms with van der Waals surface area (Å²) in [4.78, 5) is 38.2. The molecule has 0 aromatic heterocycles. The van der Waals surface area contributed by atoms with E-state index in [2.05, 4.69) is 6.92 Å². The van der Waals surface area contributed by atoms with Crippen molar-refractivity contribution in [1.29, 1.82) is 0 Å². The first-order chi connectivity index (χ1) is 12.0. The zero-order chi connectivity index (χ0) is 18.2. The maximum absolute atomic E-state index is 12.4. The van der Waals surface area contributed by atoms with Gasteiger partial charge in [-0.15, -0.1) is 0 Å². The van der Waals surface area contributed by atoms with E-state index in [4.69, 9.17) is 4.74 Å². The lowest BCUT2D eigenvalue weighted by atomic mass is 9.97. The van der Waals surface area contributed by atoms with Gasteiger partial charge in [0, 0.05) is 31.5 Å². The Hall–Kier alpha value is -2.17. The minimum Gasteiger partial charge on any atom is -0.466 e. The number of likely N-dealkylation sites (tertiary alicyclic amines) is 1. The number of ketones is 1. The Morgan fingerprint density at radius 1 is 1.12 bits per heavy atom. The normalized spacial score (nSPS) is 17.2. The van der Waals surface area contributed by atoms with Crippen LogP contribution in [0.5, 0.6) is 0 Å². The Bertz CT molecular complexity index is 609. The van der Waals surface area contributed by atoms with Crippen molar-refractivity contribution in [2.24, 2.45) is 5.92 Å². The highest BCUT2D eigenvalue weighted by Crippen LogP contribution is 2.19. The van der Waals surface area contributed by atoms with Gasteiger partial charge >= 0.3 is 5.97 Å². The third-order valence-electron chi connectivity index (χ3n) is 4.64. The minimum atomic E-state index is -0.241. The third kappa shape index (κ3) is 5.41. The Balaban J connectivity index is 1.84. The van der Waals surface area contributed by atoms with E-state index in [1.165, 1.54) is 5.56 Å². The molecule has 1 amide bonds. The molecule has 0 bridgehead atoms. The molecule has 25 heavy (non-hydrogen) atoms. The zero-order valence-electron chi connectivity index (χ0n) is 15.1. The van der Waals surface area contributed by atoms with Crippen LogP contribution < -0.4 is 0 Å². The molecule has 0 radical (unpaired) electrons. The number of carbonyl (C=O) groups is 3. The number of carbonyl (C=O) groups excluding carboxylic acids is 3. The average Bonchev–Trinajstić information content (AvgIpc) is 2.66. The van der Waals surface area contributed by atoms with Crippen molar-refractivity contribution < 1.29 is 19.1 Å². The number of nitrogens with zero attached hydrogens (tertiary/aromatic N) is 1. The van der Waals surface area contributed by atoms with Crippen LogP contribution in [0, 0.1) is 5.92 Å². The first kappa shape index (κ1) is 19.2. The molecule has 0 N–H and O–H groups in total. The number of benzene rings is 1. The molecule has 5 nitrogen and oxygen atoms in total. The van der Waals surface area contributed by atoms with Crippen molar-refractivity contribution in [1.82, 2.24) is 4.90 Å². The smallest absolute Gasteiger partial charge is 0.310 e. The number of esters is 1. The van der Waals surface area contributed by atoms with Crippen molar-refractivity contribution >= 4 is 17.7 Å². The molecule has 1 aliphatic heterocycles. The van der Waals surface area contributed by atoms with Gasteiger partial charge in [0.05, 0.1) is 12.5 Å². The molecule has 1 aliphatic rings. The van der Waals surface area contributed by atoms with Gasteiger partial charge in [0.15, 0.2) is 5.78 Å². The van der Waals surface area contributed by atoms with Gasteiger partial charge in [-0.25, -0.2) is 0 Å². The molecule has 1 unspecified atom stereocenters. The van der Waals surface area contributed by atoms with Gasteiger partial charge in [-0.1, -0.05) is 31.2 Å². The zero-order valence-corrected chi connectivity index (χ0v) is 15.1. The van der Waals surface area contributed by atoms with Crippen LogP contribution in [0.2, 0.25) is 0 Å². The van der Waals surface area contributed by atoms with E-state index in [1.54, 1.807) is 11.8 Å². The molecule has 1 fully saturated rings. The Morgan fingerprint density at radius 2 is 1.84 bits per heavy atom. The largest absolute Gasteiger partial charge is 0.466 e. The summed E-state index contributed by atoms with van der Waals surface area (Å²) in [5, 5.41) is 0. The fourth-order valence-corrected chi connectivity index (χ4v) is 3.11. The Morgan fingerprint density at radius 3 is 2.48 bits per heavy atom. The maximum Gasteiger partial charge on any atom is 0.310 e. The fourth-order valence-electron chi connectivity index (χ4n) is 3.11. The van der Waals surface area contributed by atoms with Gasteiger partial charge in [0.1, 0.15) is 0 Å². The number of piperidine rings is 1. The lowest BCUT2D eigenvalue weighted by Crippen LogP contribution is -2.42. The molecular formula is C20H27NO4. The molecule has 1 heterocycles. The molecule has 0 spiro atoms. The van der Waals surface area contributed by atoms with Gasteiger partial charge < -0.3 is 9.64 Å². The van der Waals surface area contributed by atoms with E-state index in [1.807, 2.05) is 24.3 Å². The number of hydrogen-bond donors (Lipinski definition) is 0. The predicted molar refractivity (Wildman–Crippen MR) is 95.3 cm³/mol. The molecular weight excluding hydrogens is 318 g/mol. The monoisotopic (exact) mass is 345 g/mol. The number of Topliss-reactive ketones (excluding diaryl/α,β-unsaturated/α-hetero) is 1. The molecule has 136 valence electrons. The van der Waals surface area contributed by atoms with E-state index < -0.39 is 0 Å². The number of ether oxygens (including phenoxy) is 1. The highest BCUT2D eigenvalue weighted by atomic mass is 16.5. The van der Waals surface area contributed by atoms with Crippen molar-refractivity contribution in [3.05, 3.63) is 35.4 Å². The van der Waals surface area contributed by atoms with Crippen LogP contribution in [-0.2, 0) is 20.7 Å². The SMILES string of the molecule is CCOC(=O)C1CCCN(C(=O)CCC(=O)c2ccc(CC)cc2)C1. The van der Waals surface area contributed by atoms with Gasteiger partial charge in [0.25, 0.3) is 0 Å². The second kappa shape index (κ2) is 9.35. The average molecular weight is 345 g/mol. The second-order valence-corrected chi connectivity index (χ2v) is 6.40. The summed E-state index contributed by atoms with van der Waals surface area (Å²) in [6.45, 7) is 5.25.